The third-order valence-electron chi connectivity index (χ3n) is 8.45. The number of allylic oxidation sites excluding steroid dienone is 8. The molecule has 0 aliphatic heterocycles. The summed E-state index contributed by atoms with van der Waals surface area (Å²) in [6.45, 7) is 8.14. The summed E-state index contributed by atoms with van der Waals surface area (Å²) in [4.78, 5) is 2.25. The van der Waals surface area contributed by atoms with Crippen LogP contribution < -0.4 is 0 Å². The van der Waals surface area contributed by atoms with Gasteiger partial charge in [-0.3, -0.25) is 0 Å². The number of ether oxygens (including phenoxy) is 2. The van der Waals surface area contributed by atoms with Crippen molar-refractivity contribution >= 4 is 21.6 Å². The van der Waals surface area contributed by atoms with Crippen molar-refractivity contribution in [2.24, 2.45) is 0 Å². The van der Waals surface area contributed by atoms with Gasteiger partial charge in [0.1, 0.15) is 0 Å². The number of rotatable bonds is 39. The van der Waals surface area contributed by atoms with Gasteiger partial charge in [0.05, 0.1) is 12.7 Å². The van der Waals surface area contributed by atoms with Gasteiger partial charge in [0, 0.05) is 31.3 Å². The molecule has 0 aromatic rings. The number of hydrogen-bond acceptors (Lipinski definition) is 5. The Bertz CT molecular complexity index is 722. The Morgan fingerprint density at radius 1 is 0.500 bits per heavy atom. The van der Waals surface area contributed by atoms with Gasteiger partial charge in [-0.25, -0.2) is 0 Å². The van der Waals surface area contributed by atoms with Crippen LogP contribution in [0.2, 0.25) is 0 Å². The summed E-state index contributed by atoms with van der Waals surface area (Å²) in [7, 11) is 8.21. The molecule has 0 heterocycles. The van der Waals surface area contributed by atoms with E-state index in [2.05, 4.69) is 81.5 Å². The predicted molar refractivity (Wildman–Crippen MR) is 223 cm³/mol. The van der Waals surface area contributed by atoms with E-state index in [1.165, 1.54) is 141 Å². The molecule has 3 nitrogen and oxygen atoms in total. The predicted octanol–water partition coefficient (Wildman–Crippen LogP) is 14.0. The first-order valence-electron chi connectivity index (χ1n) is 20.4. The first-order valence-corrected chi connectivity index (χ1v) is 22.9. The summed E-state index contributed by atoms with van der Waals surface area (Å²) in [5, 5.41) is 0. The van der Waals surface area contributed by atoms with Crippen LogP contribution in [-0.4, -0.2) is 63.0 Å². The molecule has 0 amide bonds. The van der Waals surface area contributed by atoms with E-state index in [1.807, 2.05) is 21.6 Å². The first kappa shape index (κ1) is 47.5. The molecule has 0 aromatic carbocycles. The van der Waals surface area contributed by atoms with Crippen LogP contribution in [0.15, 0.2) is 48.6 Å². The van der Waals surface area contributed by atoms with Crippen molar-refractivity contribution in [1.82, 2.24) is 4.90 Å². The highest BCUT2D eigenvalue weighted by atomic mass is 33.1. The first-order chi connectivity index (χ1) is 23.7. The Kier molecular flexibility index (Phi) is 42.3. The maximum atomic E-state index is 6.33. The van der Waals surface area contributed by atoms with Crippen LogP contribution in [-0.2, 0) is 9.47 Å². The Hall–Kier alpha value is -0.460. The summed E-state index contributed by atoms with van der Waals surface area (Å²) >= 11 is 0. The molecule has 0 N–H and O–H groups in total. The van der Waals surface area contributed by atoms with Gasteiger partial charge in [0.25, 0.3) is 0 Å². The summed E-state index contributed by atoms with van der Waals surface area (Å²) in [6, 6.07) is 0. The number of nitrogens with zero attached hydrogens (tertiary/aromatic N) is 1. The van der Waals surface area contributed by atoms with Crippen molar-refractivity contribution in [2.75, 3.05) is 52.0 Å². The zero-order chi connectivity index (χ0) is 34.9. The number of unbranched alkanes of at least 4 members (excludes halogenated alkanes) is 18. The second kappa shape index (κ2) is 42.7. The van der Waals surface area contributed by atoms with Crippen molar-refractivity contribution < 1.29 is 9.47 Å². The zero-order valence-electron chi connectivity index (χ0n) is 32.5. The van der Waals surface area contributed by atoms with Gasteiger partial charge in [0.2, 0.25) is 0 Å². The van der Waals surface area contributed by atoms with Gasteiger partial charge in [-0.15, -0.1) is 0 Å². The van der Waals surface area contributed by atoms with Crippen LogP contribution >= 0.6 is 21.6 Å². The van der Waals surface area contributed by atoms with E-state index in [1.54, 1.807) is 0 Å². The van der Waals surface area contributed by atoms with E-state index < -0.39 is 0 Å². The minimum atomic E-state index is 0.212. The average molecular weight is 708 g/mol. The number of hydrogen-bond donors (Lipinski definition) is 0. The normalized spacial score (nSPS) is 13.1. The lowest BCUT2D eigenvalue weighted by Crippen LogP contribution is -2.23. The van der Waals surface area contributed by atoms with Gasteiger partial charge in [-0.2, -0.15) is 0 Å². The third-order valence-corrected chi connectivity index (χ3v) is 10.9. The van der Waals surface area contributed by atoms with Crippen LogP contribution in [0, 0.1) is 0 Å². The minimum absolute atomic E-state index is 0.212. The monoisotopic (exact) mass is 708 g/mol. The highest BCUT2D eigenvalue weighted by Gasteiger charge is 2.10. The van der Waals surface area contributed by atoms with E-state index in [4.69, 9.17) is 9.47 Å². The highest BCUT2D eigenvalue weighted by Crippen LogP contribution is 2.23. The van der Waals surface area contributed by atoms with Gasteiger partial charge in [-0.1, -0.05) is 161 Å². The molecule has 0 spiro atoms. The Balaban J connectivity index is 3.84. The molecule has 0 aromatic heterocycles. The van der Waals surface area contributed by atoms with Gasteiger partial charge in [-0.05, 0) is 91.1 Å². The fraction of sp³-hybridized carbons (Fsp3) is 0.814. The molecule has 0 rings (SSSR count). The summed E-state index contributed by atoms with van der Waals surface area (Å²) in [5.74, 6) is 2.17. The smallest absolute Gasteiger partial charge is 0.0906 e. The summed E-state index contributed by atoms with van der Waals surface area (Å²) in [6.07, 6.45) is 49.8. The molecule has 1 atom stereocenters. The lowest BCUT2D eigenvalue weighted by molar-refractivity contribution is -0.00609. The molecule has 282 valence electrons. The Morgan fingerprint density at radius 2 is 0.938 bits per heavy atom. The molecule has 0 saturated carbocycles. The van der Waals surface area contributed by atoms with Crippen LogP contribution in [0.25, 0.3) is 0 Å². The third kappa shape index (κ3) is 41.7. The highest BCUT2D eigenvalue weighted by molar-refractivity contribution is 8.76. The van der Waals surface area contributed by atoms with Crippen LogP contribution in [0.1, 0.15) is 168 Å². The van der Waals surface area contributed by atoms with E-state index in [0.717, 1.165) is 50.7 Å². The molecule has 0 unspecified atom stereocenters. The molecule has 5 heteroatoms. The lowest BCUT2D eigenvalue weighted by atomic mass is 10.1. The molecular weight excluding hydrogens is 627 g/mol. The maximum Gasteiger partial charge on any atom is 0.0906 e. The minimum Gasteiger partial charge on any atom is -0.379 e. The van der Waals surface area contributed by atoms with Crippen molar-refractivity contribution in [3.05, 3.63) is 48.6 Å². The van der Waals surface area contributed by atoms with Crippen molar-refractivity contribution in [1.29, 1.82) is 0 Å². The van der Waals surface area contributed by atoms with Crippen molar-refractivity contribution in [3.63, 3.8) is 0 Å². The van der Waals surface area contributed by atoms with E-state index in [0.29, 0.717) is 0 Å². The molecular formula is C43H81NO2S2. The van der Waals surface area contributed by atoms with Crippen LogP contribution in [0.3, 0.4) is 0 Å². The second-order valence-corrected chi connectivity index (χ2v) is 16.3. The molecule has 48 heavy (non-hydrogen) atoms. The quantitative estimate of drug-likeness (QED) is 0.0359. The SMILES string of the molecule is CCCCC/C=C\C/C=C\CCCCCCCCOC[C@H](CSSCCN(C)C)OCCCCCCCC/C=C\C/C=C\CCCCC. The fourth-order valence-electron chi connectivity index (χ4n) is 5.29. The molecule has 0 aliphatic rings. The topological polar surface area (TPSA) is 21.7 Å². The van der Waals surface area contributed by atoms with E-state index in [-0.39, 0.29) is 6.10 Å². The largest absolute Gasteiger partial charge is 0.379 e. The van der Waals surface area contributed by atoms with Crippen LogP contribution in [0.4, 0.5) is 0 Å². The molecule has 0 radical (unpaired) electrons. The van der Waals surface area contributed by atoms with Crippen LogP contribution in [0.5, 0.6) is 0 Å². The summed E-state index contributed by atoms with van der Waals surface area (Å²) < 4.78 is 12.4. The molecule has 0 saturated heterocycles. The summed E-state index contributed by atoms with van der Waals surface area (Å²) in [5.41, 5.74) is 0. The molecule has 0 fully saturated rings. The van der Waals surface area contributed by atoms with Gasteiger partial charge in [0.15, 0.2) is 0 Å². The second-order valence-electron chi connectivity index (χ2n) is 13.6. The maximum absolute atomic E-state index is 6.33. The van der Waals surface area contributed by atoms with Gasteiger partial charge >= 0.3 is 0 Å². The molecule has 0 bridgehead atoms. The van der Waals surface area contributed by atoms with E-state index in [9.17, 15) is 0 Å². The van der Waals surface area contributed by atoms with Crippen molar-refractivity contribution in [2.45, 2.75) is 174 Å². The zero-order valence-corrected chi connectivity index (χ0v) is 34.1. The standard InChI is InChI=1S/C43H81NO2S2/c1-5-7-9-11-13-15-17-19-21-23-25-27-29-31-33-35-38-45-41-43(42-48-47-40-37-44(3)4)46-39-36-34-32-30-28-26-24-22-20-18-16-14-12-10-8-6-2/h13-16,19-22,43H,5-12,17-18,23-42H2,1-4H3/b15-13-,16-14-,21-19-,22-20-/t43-/m1/s1. The fourth-order valence-corrected chi connectivity index (χ4v) is 7.61. The molecule has 0 aliphatic carbocycles. The van der Waals surface area contributed by atoms with Crippen molar-refractivity contribution in [3.8, 4) is 0 Å². The van der Waals surface area contributed by atoms with E-state index >= 15 is 0 Å². The average Bonchev–Trinajstić information content (AvgIpc) is 3.08. The Morgan fingerprint density at radius 3 is 1.42 bits per heavy atom. The Labute approximate surface area is 309 Å². The van der Waals surface area contributed by atoms with Gasteiger partial charge < -0.3 is 14.4 Å². The lowest BCUT2D eigenvalue weighted by Gasteiger charge is -2.18.